The zero-order valence-electron chi connectivity index (χ0n) is 30.9. The van der Waals surface area contributed by atoms with Gasteiger partial charge in [0.25, 0.3) is 0 Å². The molecule has 0 aliphatic rings. The number of fused-ring (bicyclic) bond motifs is 12. The van der Waals surface area contributed by atoms with Crippen LogP contribution in [0.5, 0.6) is 0 Å². The first-order chi connectivity index (χ1) is 28.3. The molecule has 3 heteroatoms. The van der Waals surface area contributed by atoms with Crippen molar-refractivity contribution in [1.82, 2.24) is 13.5 Å². The van der Waals surface area contributed by atoms with Crippen LogP contribution in [0.4, 0.5) is 0 Å². The summed E-state index contributed by atoms with van der Waals surface area (Å²) >= 11 is 0. The van der Waals surface area contributed by atoms with Crippen LogP contribution in [0.3, 0.4) is 0 Å². The number of nitrogens with zero attached hydrogens (tertiary/aromatic N) is 3. The SMILES string of the molecule is c1ccc(-n2c3ccccc3c3cc(-c4cc(-c5ccc6c(c5)c5cccc7c8ccccc8n6c75)c5c(c4)c4ccccc4n5-c4ccccc4)ccc32)cc1. The normalized spacial score (nSPS) is 12.2. The predicted molar refractivity (Wildman–Crippen MR) is 241 cm³/mol. The molecule has 0 radical (unpaired) electrons. The van der Waals surface area contributed by atoms with Crippen LogP contribution >= 0.6 is 0 Å². The van der Waals surface area contributed by atoms with Gasteiger partial charge in [-0.05, 0) is 95.6 Å². The first kappa shape index (κ1) is 30.7. The number of para-hydroxylation sites is 6. The third kappa shape index (κ3) is 4.20. The van der Waals surface area contributed by atoms with Crippen LogP contribution in [0.25, 0.3) is 115 Å². The highest BCUT2D eigenvalue weighted by molar-refractivity contribution is 6.24. The van der Waals surface area contributed by atoms with Crippen molar-refractivity contribution in [2.45, 2.75) is 0 Å². The highest BCUT2D eigenvalue weighted by Crippen LogP contribution is 2.45. The van der Waals surface area contributed by atoms with E-state index in [0.717, 1.165) is 5.69 Å². The second kappa shape index (κ2) is 11.5. The summed E-state index contributed by atoms with van der Waals surface area (Å²) in [5, 5.41) is 10.2. The number of aromatic nitrogens is 3. The lowest BCUT2D eigenvalue weighted by molar-refractivity contribution is 1.18. The van der Waals surface area contributed by atoms with E-state index in [2.05, 4.69) is 214 Å². The van der Waals surface area contributed by atoms with Gasteiger partial charge < -0.3 is 13.5 Å². The van der Waals surface area contributed by atoms with Crippen molar-refractivity contribution in [3.63, 3.8) is 0 Å². The molecule has 0 N–H and O–H groups in total. The van der Waals surface area contributed by atoms with E-state index in [-0.39, 0.29) is 0 Å². The van der Waals surface area contributed by atoms with E-state index in [0.29, 0.717) is 0 Å². The molecule has 0 amide bonds. The van der Waals surface area contributed by atoms with Crippen LogP contribution < -0.4 is 0 Å². The lowest BCUT2D eigenvalue weighted by Crippen LogP contribution is -1.96. The van der Waals surface area contributed by atoms with E-state index in [4.69, 9.17) is 0 Å². The minimum atomic E-state index is 1.15. The van der Waals surface area contributed by atoms with Gasteiger partial charge in [0.15, 0.2) is 0 Å². The Hall–Kier alpha value is -7.62. The van der Waals surface area contributed by atoms with E-state index in [1.165, 1.54) is 110 Å². The van der Waals surface area contributed by atoms with Gasteiger partial charge in [0.05, 0.1) is 38.6 Å². The lowest BCUT2D eigenvalue weighted by Gasteiger charge is -2.14. The smallest absolute Gasteiger partial charge is 0.0620 e. The summed E-state index contributed by atoms with van der Waals surface area (Å²) in [4.78, 5) is 0. The van der Waals surface area contributed by atoms with Crippen LogP contribution in [0, 0.1) is 0 Å². The highest BCUT2D eigenvalue weighted by atomic mass is 15.0. The first-order valence-electron chi connectivity index (χ1n) is 19.7. The maximum atomic E-state index is 2.47. The van der Waals surface area contributed by atoms with E-state index in [9.17, 15) is 0 Å². The molecule has 0 saturated heterocycles. The molecule has 0 aliphatic carbocycles. The molecule has 0 bridgehead atoms. The van der Waals surface area contributed by atoms with Crippen LogP contribution in [-0.2, 0) is 0 Å². The van der Waals surface area contributed by atoms with Gasteiger partial charge in [-0.3, -0.25) is 0 Å². The summed E-state index contributed by atoms with van der Waals surface area (Å²) in [6.45, 7) is 0. The molecule has 13 rings (SSSR count). The van der Waals surface area contributed by atoms with Crippen molar-refractivity contribution in [2.75, 3.05) is 0 Å². The maximum Gasteiger partial charge on any atom is 0.0620 e. The Bertz CT molecular complexity index is 3730. The standard InChI is InChI=1S/C54H33N3/c1-3-14-37(15-4-1)55-48-23-10-8-19-40(48)45-30-34(26-28-51(45)55)36-32-44(54-47(33-36)41-20-9-11-24-49(41)56(54)38-16-5-2-6-17-38)35-27-29-52-46(31-35)43-22-13-21-42-39-18-7-12-25-50(39)57(52)53(42)43/h1-33H. The molecule has 264 valence electrons. The zero-order chi connectivity index (χ0) is 37.2. The third-order valence-electron chi connectivity index (χ3n) is 12.3. The molecule has 4 aromatic heterocycles. The Kier molecular flexibility index (Phi) is 6.16. The molecule has 0 fully saturated rings. The van der Waals surface area contributed by atoms with Crippen LogP contribution in [0.2, 0.25) is 0 Å². The number of hydrogen-bond donors (Lipinski definition) is 0. The fourth-order valence-corrected chi connectivity index (χ4v) is 9.94. The number of benzene rings is 9. The Morgan fingerprint density at radius 3 is 1.44 bits per heavy atom. The topological polar surface area (TPSA) is 14.3 Å². The van der Waals surface area contributed by atoms with Gasteiger partial charge in [-0.15, -0.1) is 0 Å². The minimum absolute atomic E-state index is 1.15. The van der Waals surface area contributed by atoms with Gasteiger partial charge >= 0.3 is 0 Å². The van der Waals surface area contributed by atoms with Crippen molar-refractivity contribution >= 4 is 81.7 Å². The Labute approximate surface area is 327 Å². The lowest BCUT2D eigenvalue weighted by atomic mass is 9.94. The van der Waals surface area contributed by atoms with Crippen molar-refractivity contribution in [3.8, 4) is 33.6 Å². The van der Waals surface area contributed by atoms with Crippen LogP contribution in [0.1, 0.15) is 0 Å². The Balaban J connectivity index is 1.12. The largest absolute Gasteiger partial charge is 0.309 e. The molecule has 4 heterocycles. The average molecular weight is 724 g/mol. The fraction of sp³-hybridized carbons (Fsp3) is 0. The van der Waals surface area contributed by atoms with Crippen molar-refractivity contribution in [2.24, 2.45) is 0 Å². The zero-order valence-corrected chi connectivity index (χ0v) is 30.9. The fourth-order valence-electron chi connectivity index (χ4n) is 9.94. The molecule has 9 aromatic carbocycles. The number of hydrogen-bond acceptors (Lipinski definition) is 0. The molecule has 0 unspecified atom stereocenters. The van der Waals surface area contributed by atoms with Crippen molar-refractivity contribution in [3.05, 3.63) is 200 Å². The summed E-state index contributed by atoms with van der Waals surface area (Å²) in [6.07, 6.45) is 0. The molecule has 13 aromatic rings. The molecule has 57 heavy (non-hydrogen) atoms. The first-order valence-corrected chi connectivity index (χ1v) is 19.7. The van der Waals surface area contributed by atoms with Gasteiger partial charge in [0.1, 0.15) is 0 Å². The molecular weight excluding hydrogens is 691 g/mol. The summed E-state index contributed by atoms with van der Waals surface area (Å²) < 4.78 is 7.32. The van der Waals surface area contributed by atoms with Crippen molar-refractivity contribution in [1.29, 1.82) is 0 Å². The van der Waals surface area contributed by atoms with Gasteiger partial charge in [0, 0.05) is 60.0 Å². The summed E-state index contributed by atoms with van der Waals surface area (Å²) in [5.41, 5.74) is 15.8. The maximum absolute atomic E-state index is 2.47. The van der Waals surface area contributed by atoms with Gasteiger partial charge in [-0.25, -0.2) is 0 Å². The molecule has 3 nitrogen and oxygen atoms in total. The molecule has 0 atom stereocenters. The summed E-state index contributed by atoms with van der Waals surface area (Å²) in [7, 11) is 0. The second-order valence-corrected chi connectivity index (χ2v) is 15.3. The number of rotatable bonds is 4. The highest BCUT2D eigenvalue weighted by Gasteiger charge is 2.22. The summed E-state index contributed by atoms with van der Waals surface area (Å²) in [6, 6.07) is 73.8. The second-order valence-electron chi connectivity index (χ2n) is 15.3. The van der Waals surface area contributed by atoms with Crippen LogP contribution in [0.15, 0.2) is 200 Å². The van der Waals surface area contributed by atoms with Crippen LogP contribution in [-0.4, -0.2) is 13.5 Å². The predicted octanol–water partition coefficient (Wildman–Crippen LogP) is 14.4. The molecular formula is C54H33N3. The Morgan fingerprint density at radius 1 is 0.246 bits per heavy atom. The average Bonchev–Trinajstić information content (AvgIpc) is 4.01. The monoisotopic (exact) mass is 723 g/mol. The van der Waals surface area contributed by atoms with E-state index >= 15 is 0 Å². The van der Waals surface area contributed by atoms with Crippen molar-refractivity contribution < 1.29 is 0 Å². The minimum Gasteiger partial charge on any atom is -0.309 e. The molecule has 0 spiro atoms. The Morgan fingerprint density at radius 2 is 0.702 bits per heavy atom. The quantitative estimate of drug-likeness (QED) is 0.172. The molecule has 0 aliphatic heterocycles. The molecule has 0 saturated carbocycles. The third-order valence-corrected chi connectivity index (χ3v) is 12.3. The van der Waals surface area contributed by atoms with Gasteiger partial charge in [-0.1, -0.05) is 121 Å². The summed E-state index contributed by atoms with van der Waals surface area (Å²) in [5.74, 6) is 0. The van der Waals surface area contributed by atoms with Gasteiger partial charge in [-0.2, -0.15) is 0 Å². The van der Waals surface area contributed by atoms with E-state index in [1.54, 1.807) is 0 Å². The van der Waals surface area contributed by atoms with E-state index < -0.39 is 0 Å². The van der Waals surface area contributed by atoms with E-state index in [1.807, 2.05) is 0 Å². The van der Waals surface area contributed by atoms with Gasteiger partial charge in [0.2, 0.25) is 0 Å².